The van der Waals surface area contributed by atoms with Crippen LogP contribution in [0.2, 0.25) is 0 Å². The van der Waals surface area contributed by atoms with E-state index in [0.717, 1.165) is 31.1 Å². The Morgan fingerprint density at radius 3 is 2.76 bits per heavy atom. The van der Waals surface area contributed by atoms with Crippen LogP contribution in [0.3, 0.4) is 0 Å². The van der Waals surface area contributed by atoms with Crippen molar-refractivity contribution in [1.82, 2.24) is 24.6 Å². The van der Waals surface area contributed by atoms with Crippen molar-refractivity contribution < 1.29 is 4.39 Å². The Kier molecular flexibility index (Phi) is 2.88. The molecule has 0 radical (unpaired) electrons. The summed E-state index contributed by atoms with van der Waals surface area (Å²) in [5.74, 6) is 0.579. The van der Waals surface area contributed by atoms with E-state index in [2.05, 4.69) is 24.9 Å². The summed E-state index contributed by atoms with van der Waals surface area (Å²) < 4.78 is 15.1. The van der Waals surface area contributed by atoms with E-state index >= 15 is 0 Å². The van der Waals surface area contributed by atoms with Gasteiger partial charge in [-0.25, -0.2) is 9.97 Å². The van der Waals surface area contributed by atoms with Crippen molar-refractivity contribution in [3.8, 4) is 0 Å². The number of halogens is 1. The lowest BCUT2D eigenvalue weighted by molar-refractivity contribution is -0.0113. The van der Waals surface area contributed by atoms with Gasteiger partial charge in [-0.15, -0.1) is 0 Å². The van der Waals surface area contributed by atoms with E-state index in [9.17, 15) is 4.39 Å². The van der Waals surface area contributed by atoms with Crippen LogP contribution < -0.4 is 4.90 Å². The molecule has 3 aliphatic rings. The standard InChI is InChI=1S/C14H17FN6/c1-19-14(17-9-18-19)8-21-11-4-12(21)7-20(6-11)10-2-3-16-13(15)5-10/h2-3,5,9,11-12H,4,6-8H2,1H3. The smallest absolute Gasteiger partial charge is 0.214 e. The van der Waals surface area contributed by atoms with Gasteiger partial charge in [0, 0.05) is 50.2 Å². The topological polar surface area (TPSA) is 50.1 Å². The summed E-state index contributed by atoms with van der Waals surface area (Å²) in [6, 6.07) is 4.41. The Balaban J connectivity index is 1.45. The molecule has 2 aromatic rings. The number of piperidine rings is 1. The van der Waals surface area contributed by atoms with E-state index in [1.807, 2.05) is 17.8 Å². The maximum absolute atomic E-state index is 13.2. The minimum atomic E-state index is -0.414. The molecule has 3 aliphatic heterocycles. The van der Waals surface area contributed by atoms with Gasteiger partial charge in [0.25, 0.3) is 0 Å². The van der Waals surface area contributed by atoms with E-state index in [4.69, 9.17) is 0 Å². The van der Waals surface area contributed by atoms with E-state index in [-0.39, 0.29) is 0 Å². The Morgan fingerprint density at radius 1 is 1.29 bits per heavy atom. The molecule has 7 heteroatoms. The predicted octanol–water partition coefficient (Wildman–Crippen LogP) is 0.812. The van der Waals surface area contributed by atoms with Crippen molar-refractivity contribution >= 4 is 5.69 Å². The molecule has 2 bridgehead atoms. The van der Waals surface area contributed by atoms with Crippen molar-refractivity contribution in [3.63, 3.8) is 0 Å². The van der Waals surface area contributed by atoms with Gasteiger partial charge in [-0.05, 0) is 12.5 Å². The van der Waals surface area contributed by atoms with Crippen LogP contribution in [0.1, 0.15) is 12.2 Å². The number of hydrogen-bond acceptors (Lipinski definition) is 5. The van der Waals surface area contributed by atoms with E-state index in [0.29, 0.717) is 12.1 Å². The summed E-state index contributed by atoms with van der Waals surface area (Å²) in [6.07, 6.45) is 4.33. The van der Waals surface area contributed by atoms with Crippen molar-refractivity contribution in [2.24, 2.45) is 7.05 Å². The Hall–Kier alpha value is -2.02. The van der Waals surface area contributed by atoms with Crippen LogP contribution in [0.15, 0.2) is 24.7 Å². The number of hydrogen-bond donors (Lipinski definition) is 0. The molecule has 21 heavy (non-hydrogen) atoms. The average Bonchev–Trinajstić information content (AvgIpc) is 2.90. The second kappa shape index (κ2) is 4.77. The zero-order valence-electron chi connectivity index (χ0n) is 11.9. The molecular weight excluding hydrogens is 271 g/mol. The van der Waals surface area contributed by atoms with E-state index < -0.39 is 5.95 Å². The normalized spacial score (nSPS) is 25.0. The van der Waals surface area contributed by atoms with Crippen LogP contribution in [-0.4, -0.2) is 49.8 Å². The summed E-state index contributed by atoms with van der Waals surface area (Å²) >= 11 is 0. The molecule has 0 spiro atoms. The molecule has 0 aliphatic carbocycles. The molecule has 2 aromatic heterocycles. The number of piperazine rings is 1. The SMILES string of the molecule is Cn1ncnc1CN1C2CC1CN(c1ccnc(F)c1)C2. The summed E-state index contributed by atoms with van der Waals surface area (Å²) in [6.45, 7) is 2.69. The largest absolute Gasteiger partial charge is 0.368 e. The highest BCUT2D eigenvalue weighted by molar-refractivity contribution is 5.47. The summed E-state index contributed by atoms with van der Waals surface area (Å²) in [5.41, 5.74) is 0.926. The fraction of sp³-hybridized carbons (Fsp3) is 0.500. The van der Waals surface area contributed by atoms with Gasteiger partial charge in [-0.2, -0.15) is 9.49 Å². The van der Waals surface area contributed by atoms with Crippen LogP contribution in [-0.2, 0) is 13.6 Å². The minimum Gasteiger partial charge on any atom is -0.368 e. The lowest BCUT2D eigenvalue weighted by Crippen LogP contribution is -2.68. The molecule has 6 nitrogen and oxygen atoms in total. The Bertz CT molecular complexity index is 644. The summed E-state index contributed by atoms with van der Waals surface area (Å²) in [7, 11) is 1.92. The molecule has 3 saturated heterocycles. The van der Waals surface area contributed by atoms with Gasteiger partial charge in [0.2, 0.25) is 5.95 Å². The average molecular weight is 288 g/mol. The third kappa shape index (κ3) is 2.17. The number of rotatable bonds is 3. The number of nitrogens with zero attached hydrogens (tertiary/aromatic N) is 6. The minimum absolute atomic E-state index is 0.414. The van der Waals surface area contributed by atoms with Gasteiger partial charge in [0.1, 0.15) is 12.2 Å². The first kappa shape index (κ1) is 12.7. The Morgan fingerprint density at radius 2 is 2.10 bits per heavy atom. The molecule has 2 atom stereocenters. The van der Waals surface area contributed by atoms with Crippen LogP contribution >= 0.6 is 0 Å². The van der Waals surface area contributed by atoms with Gasteiger partial charge in [0.15, 0.2) is 0 Å². The molecule has 3 fully saturated rings. The molecule has 2 unspecified atom stereocenters. The maximum Gasteiger partial charge on any atom is 0.214 e. The third-order valence-electron chi connectivity index (χ3n) is 4.55. The second-order valence-electron chi connectivity index (χ2n) is 5.76. The van der Waals surface area contributed by atoms with Gasteiger partial charge in [-0.1, -0.05) is 0 Å². The molecule has 0 N–H and O–H groups in total. The van der Waals surface area contributed by atoms with Crippen molar-refractivity contribution in [1.29, 1.82) is 0 Å². The highest BCUT2D eigenvalue weighted by Gasteiger charge is 2.44. The molecule has 0 aromatic carbocycles. The quantitative estimate of drug-likeness (QED) is 0.782. The van der Waals surface area contributed by atoms with E-state index in [1.165, 1.54) is 18.7 Å². The lowest BCUT2D eigenvalue weighted by Gasteiger charge is -2.56. The fourth-order valence-electron chi connectivity index (χ4n) is 3.37. The highest BCUT2D eigenvalue weighted by Crippen LogP contribution is 2.35. The first-order valence-electron chi connectivity index (χ1n) is 7.16. The van der Waals surface area contributed by atoms with Crippen molar-refractivity contribution in [2.45, 2.75) is 25.0 Å². The summed E-state index contributed by atoms with van der Waals surface area (Å²) in [4.78, 5) is 12.6. The third-order valence-corrected chi connectivity index (χ3v) is 4.55. The number of pyridine rings is 1. The van der Waals surface area contributed by atoms with E-state index in [1.54, 1.807) is 6.33 Å². The number of aryl methyl sites for hydroxylation is 1. The number of aromatic nitrogens is 4. The lowest BCUT2D eigenvalue weighted by atomic mass is 9.87. The van der Waals surface area contributed by atoms with Crippen LogP contribution in [0.25, 0.3) is 0 Å². The first-order chi connectivity index (χ1) is 10.2. The highest BCUT2D eigenvalue weighted by atomic mass is 19.1. The van der Waals surface area contributed by atoms with Crippen molar-refractivity contribution in [2.75, 3.05) is 18.0 Å². The number of anilines is 1. The molecule has 0 amide bonds. The van der Waals surface area contributed by atoms with Gasteiger partial charge in [-0.3, -0.25) is 9.58 Å². The van der Waals surface area contributed by atoms with Gasteiger partial charge >= 0.3 is 0 Å². The first-order valence-corrected chi connectivity index (χ1v) is 7.16. The van der Waals surface area contributed by atoms with Crippen LogP contribution in [0, 0.1) is 5.95 Å². The van der Waals surface area contributed by atoms with Crippen LogP contribution in [0.5, 0.6) is 0 Å². The predicted molar refractivity (Wildman–Crippen MR) is 75.1 cm³/mol. The number of fused-ring (bicyclic) bond motifs is 2. The van der Waals surface area contributed by atoms with Gasteiger partial charge in [0.05, 0.1) is 6.54 Å². The fourth-order valence-corrected chi connectivity index (χ4v) is 3.37. The molecule has 5 heterocycles. The monoisotopic (exact) mass is 288 g/mol. The zero-order valence-corrected chi connectivity index (χ0v) is 11.9. The molecule has 0 saturated carbocycles. The molecular formula is C14H17FN6. The zero-order chi connectivity index (χ0) is 14.4. The van der Waals surface area contributed by atoms with Gasteiger partial charge < -0.3 is 4.90 Å². The molecule has 5 rings (SSSR count). The summed E-state index contributed by atoms with van der Waals surface area (Å²) in [5, 5.41) is 4.11. The maximum atomic E-state index is 13.2. The Labute approximate surface area is 122 Å². The molecule has 110 valence electrons. The van der Waals surface area contributed by atoms with Crippen LogP contribution in [0.4, 0.5) is 10.1 Å². The second-order valence-corrected chi connectivity index (χ2v) is 5.76. The van der Waals surface area contributed by atoms with Crippen molar-refractivity contribution in [3.05, 3.63) is 36.4 Å².